The monoisotopic (exact) mass is 152 g/mol. The Morgan fingerprint density at radius 1 is 1.73 bits per heavy atom. The van der Waals surface area contributed by atoms with Crippen LogP contribution in [0, 0.1) is 0 Å². The van der Waals surface area contributed by atoms with Crippen molar-refractivity contribution in [3.05, 3.63) is 17.5 Å². The van der Waals surface area contributed by atoms with Crippen LogP contribution < -0.4 is 5.73 Å². The molecule has 0 atom stereocenters. The molecule has 1 aliphatic rings. The van der Waals surface area contributed by atoms with Gasteiger partial charge in [0.15, 0.2) is 0 Å². The molecule has 0 spiro atoms. The summed E-state index contributed by atoms with van der Waals surface area (Å²) >= 11 is 0. The van der Waals surface area contributed by atoms with Gasteiger partial charge in [-0.3, -0.25) is 0 Å². The summed E-state index contributed by atoms with van der Waals surface area (Å²) in [5.41, 5.74) is 6.83. The summed E-state index contributed by atoms with van der Waals surface area (Å²) in [5, 5.41) is 3.74. The lowest BCUT2D eigenvalue weighted by Gasteiger charge is -2.03. The molecular weight excluding hydrogens is 140 g/mol. The zero-order chi connectivity index (χ0) is 7.90. The zero-order valence-corrected chi connectivity index (χ0v) is 6.63. The van der Waals surface area contributed by atoms with Crippen LogP contribution in [0.3, 0.4) is 0 Å². The molecule has 60 valence electrons. The Hall–Kier alpha value is -0.830. The van der Waals surface area contributed by atoms with Crippen LogP contribution >= 0.6 is 0 Å². The highest BCUT2D eigenvalue weighted by molar-refractivity contribution is 5.27. The summed E-state index contributed by atoms with van der Waals surface area (Å²) in [4.78, 5) is 0. The molecule has 0 unspecified atom stereocenters. The van der Waals surface area contributed by atoms with E-state index in [1.807, 2.05) is 0 Å². The molecule has 0 amide bonds. The molecule has 0 aromatic carbocycles. The normalized spacial score (nSPS) is 20.2. The van der Waals surface area contributed by atoms with Crippen molar-refractivity contribution in [1.82, 2.24) is 5.16 Å². The molecule has 1 aromatic heterocycles. The fraction of sp³-hybridized carbons (Fsp3) is 0.625. The SMILES string of the molecule is CC1(c2oncc2CN)CC1. The van der Waals surface area contributed by atoms with Gasteiger partial charge in [-0.2, -0.15) is 0 Å². The minimum Gasteiger partial charge on any atom is -0.360 e. The van der Waals surface area contributed by atoms with Crippen molar-refractivity contribution in [2.45, 2.75) is 31.7 Å². The molecule has 11 heavy (non-hydrogen) atoms. The third-order valence-electron chi connectivity index (χ3n) is 2.41. The van der Waals surface area contributed by atoms with E-state index in [2.05, 4.69) is 12.1 Å². The largest absolute Gasteiger partial charge is 0.360 e. The number of nitrogens with zero attached hydrogens (tertiary/aromatic N) is 1. The van der Waals surface area contributed by atoms with E-state index in [1.54, 1.807) is 6.20 Å². The molecule has 2 N–H and O–H groups in total. The van der Waals surface area contributed by atoms with Gasteiger partial charge in [-0.15, -0.1) is 0 Å². The van der Waals surface area contributed by atoms with Crippen molar-refractivity contribution in [2.75, 3.05) is 0 Å². The topological polar surface area (TPSA) is 52.0 Å². The van der Waals surface area contributed by atoms with Gasteiger partial charge in [0.1, 0.15) is 5.76 Å². The Bertz CT molecular complexity index is 263. The Morgan fingerprint density at radius 2 is 2.45 bits per heavy atom. The molecule has 0 bridgehead atoms. The van der Waals surface area contributed by atoms with Gasteiger partial charge in [-0.05, 0) is 12.8 Å². The zero-order valence-electron chi connectivity index (χ0n) is 6.63. The number of hydrogen-bond acceptors (Lipinski definition) is 3. The van der Waals surface area contributed by atoms with Gasteiger partial charge in [0.05, 0.1) is 6.20 Å². The maximum atomic E-state index is 5.52. The first kappa shape index (κ1) is 6.85. The number of aromatic nitrogens is 1. The van der Waals surface area contributed by atoms with Crippen LogP contribution in [0.25, 0.3) is 0 Å². The van der Waals surface area contributed by atoms with Crippen LogP contribution in [-0.4, -0.2) is 5.16 Å². The maximum absolute atomic E-state index is 5.52. The second-order valence-electron chi connectivity index (χ2n) is 3.44. The van der Waals surface area contributed by atoms with E-state index in [4.69, 9.17) is 10.3 Å². The summed E-state index contributed by atoms with van der Waals surface area (Å²) in [6.07, 6.45) is 4.13. The highest BCUT2D eigenvalue weighted by atomic mass is 16.5. The molecule has 3 nitrogen and oxygen atoms in total. The number of rotatable bonds is 2. The first-order valence-electron chi connectivity index (χ1n) is 3.90. The fourth-order valence-corrected chi connectivity index (χ4v) is 1.32. The van der Waals surface area contributed by atoms with Gasteiger partial charge >= 0.3 is 0 Å². The van der Waals surface area contributed by atoms with Crippen molar-refractivity contribution in [2.24, 2.45) is 5.73 Å². The minimum atomic E-state index is 0.255. The Kier molecular flexibility index (Phi) is 1.29. The predicted molar refractivity (Wildman–Crippen MR) is 41.0 cm³/mol. The lowest BCUT2D eigenvalue weighted by molar-refractivity contribution is 0.357. The molecular formula is C8H12N2O. The van der Waals surface area contributed by atoms with Crippen LogP contribution in [0.2, 0.25) is 0 Å². The van der Waals surface area contributed by atoms with Gasteiger partial charge in [0.25, 0.3) is 0 Å². The smallest absolute Gasteiger partial charge is 0.147 e. The standard InChI is InChI=1S/C8H12N2O/c1-8(2-3-8)7-6(4-9)5-10-11-7/h5H,2-4,9H2,1H3. The average molecular weight is 152 g/mol. The average Bonchev–Trinajstić information content (AvgIpc) is 2.61. The first-order chi connectivity index (χ1) is 5.26. The van der Waals surface area contributed by atoms with Crippen LogP contribution in [0.15, 0.2) is 10.7 Å². The second kappa shape index (κ2) is 2.08. The van der Waals surface area contributed by atoms with E-state index in [-0.39, 0.29) is 5.41 Å². The number of nitrogens with two attached hydrogens (primary N) is 1. The van der Waals surface area contributed by atoms with E-state index in [0.717, 1.165) is 11.3 Å². The van der Waals surface area contributed by atoms with Crippen LogP contribution in [0.4, 0.5) is 0 Å². The molecule has 1 fully saturated rings. The molecule has 1 saturated carbocycles. The summed E-state index contributed by atoms with van der Waals surface area (Å²) in [5.74, 6) is 1.00. The van der Waals surface area contributed by atoms with E-state index in [9.17, 15) is 0 Å². The van der Waals surface area contributed by atoms with Crippen molar-refractivity contribution >= 4 is 0 Å². The van der Waals surface area contributed by atoms with E-state index < -0.39 is 0 Å². The molecule has 0 saturated heterocycles. The first-order valence-corrected chi connectivity index (χ1v) is 3.90. The minimum absolute atomic E-state index is 0.255. The second-order valence-corrected chi connectivity index (χ2v) is 3.44. The third kappa shape index (κ3) is 0.959. The van der Waals surface area contributed by atoms with Crippen molar-refractivity contribution in [3.63, 3.8) is 0 Å². The summed E-state index contributed by atoms with van der Waals surface area (Å²) in [6.45, 7) is 2.72. The summed E-state index contributed by atoms with van der Waals surface area (Å²) in [6, 6.07) is 0. The van der Waals surface area contributed by atoms with Gasteiger partial charge in [-0.1, -0.05) is 12.1 Å². The fourth-order valence-electron chi connectivity index (χ4n) is 1.32. The Balaban J connectivity index is 2.36. The van der Waals surface area contributed by atoms with Crippen LogP contribution in [0.5, 0.6) is 0 Å². The molecule has 1 heterocycles. The van der Waals surface area contributed by atoms with E-state index >= 15 is 0 Å². The molecule has 0 radical (unpaired) electrons. The molecule has 1 aromatic rings. The van der Waals surface area contributed by atoms with Gasteiger partial charge in [0.2, 0.25) is 0 Å². The predicted octanol–water partition coefficient (Wildman–Crippen LogP) is 1.18. The molecule has 3 heteroatoms. The van der Waals surface area contributed by atoms with Crippen molar-refractivity contribution in [1.29, 1.82) is 0 Å². The van der Waals surface area contributed by atoms with Crippen LogP contribution in [-0.2, 0) is 12.0 Å². The quantitative estimate of drug-likeness (QED) is 0.692. The lowest BCUT2D eigenvalue weighted by atomic mass is 10.0. The van der Waals surface area contributed by atoms with Crippen molar-refractivity contribution in [3.8, 4) is 0 Å². The molecule has 2 rings (SSSR count). The third-order valence-corrected chi connectivity index (χ3v) is 2.41. The summed E-state index contributed by atoms with van der Waals surface area (Å²) < 4.78 is 5.15. The molecule has 0 aliphatic heterocycles. The highest BCUT2D eigenvalue weighted by Gasteiger charge is 2.44. The highest BCUT2D eigenvalue weighted by Crippen LogP contribution is 2.48. The lowest BCUT2D eigenvalue weighted by Crippen LogP contribution is -2.05. The van der Waals surface area contributed by atoms with Gasteiger partial charge < -0.3 is 10.3 Å². The maximum Gasteiger partial charge on any atom is 0.147 e. The van der Waals surface area contributed by atoms with Gasteiger partial charge in [0, 0.05) is 17.5 Å². The van der Waals surface area contributed by atoms with Crippen LogP contribution in [0.1, 0.15) is 31.1 Å². The molecule has 1 aliphatic carbocycles. The van der Waals surface area contributed by atoms with Crippen molar-refractivity contribution < 1.29 is 4.52 Å². The Labute approximate surface area is 65.6 Å². The van der Waals surface area contributed by atoms with Gasteiger partial charge in [-0.25, -0.2) is 0 Å². The van der Waals surface area contributed by atoms with E-state index in [1.165, 1.54) is 12.8 Å². The summed E-state index contributed by atoms with van der Waals surface area (Å²) in [7, 11) is 0. The number of hydrogen-bond donors (Lipinski definition) is 1. The Morgan fingerprint density at radius 3 is 3.00 bits per heavy atom. The van der Waals surface area contributed by atoms with E-state index in [0.29, 0.717) is 6.54 Å².